The maximum Gasteiger partial charge on any atom is 0.305 e. The number of esters is 2. The van der Waals surface area contributed by atoms with Crippen LogP contribution in [0, 0.1) is 0 Å². The number of ether oxygens (including phenoxy) is 2. The number of hydrogen-bond donors (Lipinski definition) is 1. The van der Waals surface area contributed by atoms with Gasteiger partial charge in [-0.2, -0.15) is 0 Å². The maximum atomic E-state index is 12.0. The quantitative estimate of drug-likeness (QED) is 0.0318. The number of aliphatic hydroxyl groups is 1. The Morgan fingerprint density at radius 1 is 0.500 bits per heavy atom. The minimum atomic E-state index is -0.998. The number of allylic oxidation sites excluding steroid dienone is 4. The highest BCUT2D eigenvalue weighted by atomic mass is 16.6. The van der Waals surface area contributed by atoms with Gasteiger partial charge in [0, 0.05) is 19.3 Å². The number of carbonyl (C=O) groups is 3. The van der Waals surface area contributed by atoms with Gasteiger partial charge in [0.05, 0.1) is 0 Å². The highest BCUT2D eigenvalue weighted by Gasteiger charge is 2.12. The van der Waals surface area contributed by atoms with Gasteiger partial charge in [-0.1, -0.05) is 160 Å². The van der Waals surface area contributed by atoms with Crippen molar-refractivity contribution in [3.05, 3.63) is 24.3 Å². The summed E-state index contributed by atoms with van der Waals surface area (Å²) in [6, 6.07) is 0. The number of carbonyl (C=O) groups excluding carboxylic acids is 3. The zero-order valence-electron chi connectivity index (χ0n) is 30.1. The SMILES string of the molecule is CCCCC/C=C\C=C\C(=O)CCCCCCCC(=O)OC[C@H](O)COC(=O)CCCCCCCCCCCCCCCCCC. The largest absolute Gasteiger partial charge is 0.463 e. The Hall–Kier alpha value is -1.95. The first-order valence-corrected chi connectivity index (χ1v) is 19.3. The summed E-state index contributed by atoms with van der Waals surface area (Å²) < 4.78 is 10.3. The molecule has 0 aromatic heterocycles. The third-order valence-corrected chi connectivity index (χ3v) is 8.42. The van der Waals surface area contributed by atoms with Crippen LogP contribution in [-0.4, -0.2) is 42.1 Å². The summed E-state index contributed by atoms with van der Waals surface area (Å²) >= 11 is 0. The van der Waals surface area contributed by atoms with Crippen LogP contribution in [0.15, 0.2) is 24.3 Å². The molecule has 0 fully saturated rings. The molecule has 0 aliphatic heterocycles. The Kier molecular flexibility index (Phi) is 34.4. The molecule has 1 atom stereocenters. The number of hydrogen-bond acceptors (Lipinski definition) is 6. The second kappa shape index (κ2) is 35.9. The van der Waals surface area contributed by atoms with Crippen LogP contribution in [0.2, 0.25) is 0 Å². The standard InChI is InChI=1S/C40H72O6/c1-3-5-7-9-11-12-13-14-15-16-17-18-19-21-25-29-33-39(43)45-35-38(42)36-46-40(44)34-30-26-22-24-28-32-37(41)31-27-23-20-10-8-6-4-2/h20,23,27,31,38,42H,3-19,21-22,24-26,28-30,32-36H2,1-2H3/b23-20-,31-27+/t38-/m1/s1. The van der Waals surface area contributed by atoms with Crippen LogP contribution in [0.4, 0.5) is 0 Å². The van der Waals surface area contributed by atoms with Gasteiger partial charge in [0.15, 0.2) is 5.78 Å². The van der Waals surface area contributed by atoms with Crippen LogP contribution in [0.5, 0.6) is 0 Å². The van der Waals surface area contributed by atoms with Crippen molar-refractivity contribution in [2.75, 3.05) is 13.2 Å². The van der Waals surface area contributed by atoms with E-state index in [9.17, 15) is 19.5 Å². The van der Waals surface area contributed by atoms with Crippen molar-refractivity contribution in [1.82, 2.24) is 0 Å². The fourth-order valence-electron chi connectivity index (χ4n) is 5.42. The number of ketones is 1. The van der Waals surface area contributed by atoms with E-state index in [2.05, 4.69) is 19.9 Å². The summed E-state index contributed by atoms with van der Waals surface area (Å²) in [4.78, 5) is 35.8. The zero-order valence-corrected chi connectivity index (χ0v) is 30.1. The maximum absolute atomic E-state index is 12.0. The topological polar surface area (TPSA) is 89.9 Å². The zero-order chi connectivity index (χ0) is 33.8. The van der Waals surface area contributed by atoms with Gasteiger partial charge in [-0.25, -0.2) is 0 Å². The first-order valence-electron chi connectivity index (χ1n) is 19.3. The van der Waals surface area contributed by atoms with E-state index in [0.717, 1.165) is 57.8 Å². The smallest absolute Gasteiger partial charge is 0.305 e. The van der Waals surface area contributed by atoms with Crippen LogP contribution < -0.4 is 0 Å². The van der Waals surface area contributed by atoms with Crippen LogP contribution in [0.1, 0.15) is 194 Å². The number of aliphatic hydroxyl groups excluding tert-OH is 1. The molecule has 0 saturated heterocycles. The molecular formula is C40H72O6. The Morgan fingerprint density at radius 2 is 0.870 bits per heavy atom. The molecule has 0 aliphatic carbocycles. The molecule has 0 heterocycles. The van der Waals surface area contributed by atoms with E-state index in [4.69, 9.17) is 9.47 Å². The highest BCUT2D eigenvalue weighted by molar-refractivity contribution is 5.89. The fraction of sp³-hybridized carbons (Fsp3) is 0.825. The van der Waals surface area contributed by atoms with Crippen LogP contribution >= 0.6 is 0 Å². The molecule has 0 unspecified atom stereocenters. The minimum absolute atomic E-state index is 0.145. The van der Waals surface area contributed by atoms with Crippen LogP contribution in [0.25, 0.3) is 0 Å². The second-order valence-electron chi connectivity index (χ2n) is 13.1. The molecule has 0 radical (unpaired) electrons. The number of rotatable bonds is 35. The molecule has 0 amide bonds. The Labute approximate surface area is 283 Å². The molecule has 268 valence electrons. The van der Waals surface area contributed by atoms with Crippen LogP contribution in [-0.2, 0) is 23.9 Å². The molecule has 1 N–H and O–H groups in total. The van der Waals surface area contributed by atoms with E-state index in [-0.39, 0.29) is 30.9 Å². The first kappa shape index (κ1) is 44.0. The van der Waals surface area contributed by atoms with Gasteiger partial charge >= 0.3 is 11.9 Å². The summed E-state index contributed by atoms with van der Waals surface area (Å²) in [6.07, 6.45) is 37.6. The summed E-state index contributed by atoms with van der Waals surface area (Å²) in [7, 11) is 0. The minimum Gasteiger partial charge on any atom is -0.463 e. The van der Waals surface area contributed by atoms with E-state index >= 15 is 0 Å². The van der Waals surface area contributed by atoms with Crippen molar-refractivity contribution in [2.24, 2.45) is 0 Å². The van der Waals surface area contributed by atoms with E-state index in [0.29, 0.717) is 19.3 Å². The number of unbranched alkanes of at least 4 members (excludes halogenated alkanes) is 22. The molecule has 0 aromatic rings. The van der Waals surface area contributed by atoms with Crippen molar-refractivity contribution in [3.63, 3.8) is 0 Å². The van der Waals surface area contributed by atoms with Gasteiger partial charge in [-0.3, -0.25) is 14.4 Å². The van der Waals surface area contributed by atoms with Crippen molar-refractivity contribution < 1.29 is 29.0 Å². The van der Waals surface area contributed by atoms with E-state index in [1.54, 1.807) is 6.08 Å². The molecule has 0 saturated carbocycles. The summed E-state index contributed by atoms with van der Waals surface area (Å²) in [6.45, 7) is 4.15. The molecule has 0 aromatic carbocycles. The second-order valence-corrected chi connectivity index (χ2v) is 13.1. The van der Waals surface area contributed by atoms with E-state index in [1.165, 1.54) is 103 Å². The lowest BCUT2D eigenvalue weighted by Gasteiger charge is -2.12. The van der Waals surface area contributed by atoms with Crippen molar-refractivity contribution in [2.45, 2.75) is 200 Å². The Bertz CT molecular complexity index is 759. The molecule has 0 aliphatic rings. The summed E-state index contributed by atoms with van der Waals surface area (Å²) in [5.41, 5.74) is 0. The molecular weight excluding hydrogens is 576 g/mol. The molecule has 0 rings (SSSR count). The van der Waals surface area contributed by atoms with Gasteiger partial charge in [-0.05, 0) is 38.2 Å². The fourth-order valence-corrected chi connectivity index (χ4v) is 5.42. The van der Waals surface area contributed by atoms with Gasteiger partial charge < -0.3 is 14.6 Å². The molecule has 6 heteroatoms. The monoisotopic (exact) mass is 649 g/mol. The van der Waals surface area contributed by atoms with Gasteiger partial charge in [0.1, 0.15) is 19.3 Å². The van der Waals surface area contributed by atoms with Crippen molar-refractivity contribution >= 4 is 17.7 Å². The lowest BCUT2D eigenvalue weighted by molar-refractivity contribution is -0.152. The van der Waals surface area contributed by atoms with E-state index in [1.807, 2.05) is 12.2 Å². The molecule has 6 nitrogen and oxygen atoms in total. The predicted octanol–water partition coefficient (Wildman–Crippen LogP) is 11.1. The lowest BCUT2D eigenvalue weighted by Crippen LogP contribution is -2.25. The van der Waals surface area contributed by atoms with Gasteiger partial charge in [0.2, 0.25) is 0 Å². The third-order valence-electron chi connectivity index (χ3n) is 8.42. The van der Waals surface area contributed by atoms with Crippen molar-refractivity contribution in [1.29, 1.82) is 0 Å². The van der Waals surface area contributed by atoms with E-state index < -0.39 is 6.10 Å². The molecule has 0 spiro atoms. The Balaban J connectivity index is 3.50. The summed E-state index contributed by atoms with van der Waals surface area (Å²) in [5, 5.41) is 9.99. The summed E-state index contributed by atoms with van der Waals surface area (Å²) in [5.74, 6) is -0.490. The van der Waals surface area contributed by atoms with Gasteiger partial charge in [0.25, 0.3) is 0 Å². The molecule has 46 heavy (non-hydrogen) atoms. The average Bonchev–Trinajstić information content (AvgIpc) is 3.05. The molecule has 0 bridgehead atoms. The average molecular weight is 649 g/mol. The highest BCUT2D eigenvalue weighted by Crippen LogP contribution is 2.14. The lowest BCUT2D eigenvalue weighted by atomic mass is 10.0. The van der Waals surface area contributed by atoms with Crippen LogP contribution in [0.3, 0.4) is 0 Å². The van der Waals surface area contributed by atoms with Gasteiger partial charge in [-0.15, -0.1) is 0 Å². The van der Waals surface area contributed by atoms with Crippen molar-refractivity contribution in [3.8, 4) is 0 Å². The first-order chi connectivity index (χ1) is 22.5. The normalized spacial score (nSPS) is 12.2. The third kappa shape index (κ3) is 34.9. The predicted molar refractivity (Wildman–Crippen MR) is 192 cm³/mol. The Morgan fingerprint density at radius 3 is 1.30 bits per heavy atom.